The summed E-state index contributed by atoms with van der Waals surface area (Å²) in [5, 5.41) is 5.18. The first-order valence-electron chi connectivity index (χ1n) is 10.1. The second-order valence-corrected chi connectivity index (χ2v) is 9.12. The molecule has 0 radical (unpaired) electrons. The van der Waals surface area contributed by atoms with E-state index in [0.717, 1.165) is 29.3 Å². The summed E-state index contributed by atoms with van der Waals surface area (Å²) in [7, 11) is 3.31. The van der Waals surface area contributed by atoms with Crippen molar-refractivity contribution in [2.75, 3.05) is 38.9 Å². The lowest BCUT2D eigenvalue weighted by Crippen LogP contribution is -2.41. The number of carbonyl (C=O) groups is 1. The molecule has 1 aliphatic heterocycles. The fourth-order valence-electron chi connectivity index (χ4n) is 4.07. The molecule has 1 aromatic heterocycles. The Morgan fingerprint density at radius 2 is 1.94 bits per heavy atom. The van der Waals surface area contributed by atoms with Crippen LogP contribution in [0.15, 0.2) is 58.8 Å². The molecule has 7 heteroatoms. The number of rotatable bonds is 7. The van der Waals surface area contributed by atoms with E-state index in [-0.39, 0.29) is 11.9 Å². The minimum Gasteiger partial charge on any atom is -0.493 e. The van der Waals surface area contributed by atoms with Crippen LogP contribution in [0.3, 0.4) is 0 Å². The third-order valence-corrected chi connectivity index (χ3v) is 7.23. The van der Waals surface area contributed by atoms with Gasteiger partial charge in [-0.25, -0.2) is 0 Å². The maximum absolute atomic E-state index is 13.0. The molecule has 0 spiro atoms. The fourth-order valence-corrected chi connectivity index (χ4v) is 5.50. The fraction of sp³-hybridized carbons (Fsp3) is 0.292. The monoisotopic (exact) mass is 454 g/mol. The highest BCUT2D eigenvalue weighted by atomic mass is 32.2. The van der Waals surface area contributed by atoms with Crippen LogP contribution in [0.1, 0.15) is 22.0 Å². The summed E-state index contributed by atoms with van der Waals surface area (Å²) in [5.41, 5.74) is 3.26. The van der Waals surface area contributed by atoms with Crippen LogP contribution in [0.2, 0.25) is 0 Å². The summed E-state index contributed by atoms with van der Waals surface area (Å²) >= 11 is 3.34. The Bertz CT molecular complexity index is 1050. The number of hydrogen-bond acceptors (Lipinski definition) is 6. The van der Waals surface area contributed by atoms with E-state index in [0.29, 0.717) is 12.3 Å². The Morgan fingerprint density at radius 3 is 2.65 bits per heavy atom. The van der Waals surface area contributed by atoms with E-state index in [1.165, 1.54) is 16.0 Å². The first-order chi connectivity index (χ1) is 15.1. The molecule has 3 aromatic rings. The smallest absolute Gasteiger partial charge is 0.238 e. The van der Waals surface area contributed by atoms with Gasteiger partial charge in [-0.3, -0.25) is 9.69 Å². The van der Waals surface area contributed by atoms with E-state index >= 15 is 0 Å². The third kappa shape index (κ3) is 4.59. The molecule has 162 valence electrons. The first-order valence-corrected chi connectivity index (χ1v) is 12.2. The molecule has 2 aromatic carbocycles. The maximum Gasteiger partial charge on any atom is 0.238 e. The quantitative estimate of drug-likeness (QED) is 0.505. The number of nitrogens with one attached hydrogen (secondary N) is 1. The molecular weight excluding hydrogens is 428 g/mol. The first kappa shape index (κ1) is 21.7. The molecule has 2 heterocycles. The molecule has 0 saturated heterocycles. The van der Waals surface area contributed by atoms with Crippen LogP contribution >= 0.6 is 23.1 Å². The zero-order chi connectivity index (χ0) is 21.8. The predicted molar refractivity (Wildman–Crippen MR) is 128 cm³/mol. The number of carbonyl (C=O) groups excluding carboxylic acids is 1. The zero-order valence-electron chi connectivity index (χ0n) is 17.9. The van der Waals surface area contributed by atoms with Gasteiger partial charge in [0.25, 0.3) is 0 Å². The van der Waals surface area contributed by atoms with Gasteiger partial charge in [-0.05, 0) is 59.5 Å². The van der Waals surface area contributed by atoms with Crippen LogP contribution in [-0.2, 0) is 11.2 Å². The topological polar surface area (TPSA) is 50.8 Å². The summed E-state index contributed by atoms with van der Waals surface area (Å²) < 4.78 is 11.1. The molecule has 4 rings (SSSR count). The van der Waals surface area contributed by atoms with E-state index in [2.05, 4.69) is 39.9 Å². The lowest BCUT2D eigenvalue weighted by molar-refractivity contribution is -0.117. The number of anilines is 1. The Labute approximate surface area is 191 Å². The number of ether oxygens (including phenoxy) is 2. The van der Waals surface area contributed by atoms with Crippen LogP contribution in [0.25, 0.3) is 0 Å². The Balaban J connectivity index is 1.63. The van der Waals surface area contributed by atoms with Crippen LogP contribution < -0.4 is 14.8 Å². The number of thiophene rings is 1. The van der Waals surface area contributed by atoms with Gasteiger partial charge < -0.3 is 14.8 Å². The zero-order valence-corrected chi connectivity index (χ0v) is 19.5. The highest BCUT2D eigenvalue weighted by Gasteiger charge is 2.32. The number of para-hydroxylation sites is 1. The SMILES string of the molecule is COc1cc2c(cc1OC)C(c1cccs1)N(CC(=O)Nc1ccccc1SC)CC2. The minimum atomic E-state index is -0.00742. The van der Waals surface area contributed by atoms with Crippen molar-refractivity contribution in [1.82, 2.24) is 4.90 Å². The number of benzene rings is 2. The molecule has 1 N–H and O–H groups in total. The van der Waals surface area contributed by atoms with Gasteiger partial charge in [-0.2, -0.15) is 0 Å². The van der Waals surface area contributed by atoms with Crippen LogP contribution in [-0.4, -0.2) is 44.4 Å². The molecule has 31 heavy (non-hydrogen) atoms. The van der Waals surface area contributed by atoms with E-state index in [4.69, 9.17) is 9.47 Å². The van der Waals surface area contributed by atoms with E-state index < -0.39 is 0 Å². The second-order valence-electron chi connectivity index (χ2n) is 7.29. The summed E-state index contributed by atoms with van der Waals surface area (Å²) in [5.74, 6) is 1.45. The molecular formula is C24H26N2O3S2. The van der Waals surface area contributed by atoms with Crippen molar-refractivity contribution in [1.29, 1.82) is 0 Å². The third-order valence-electron chi connectivity index (χ3n) is 5.51. The Hall–Kier alpha value is -2.48. The van der Waals surface area contributed by atoms with Crippen molar-refractivity contribution in [2.45, 2.75) is 17.4 Å². The van der Waals surface area contributed by atoms with Gasteiger partial charge in [0.05, 0.1) is 32.5 Å². The molecule has 0 fully saturated rings. The van der Waals surface area contributed by atoms with Crippen molar-refractivity contribution in [3.63, 3.8) is 0 Å². The van der Waals surface area contributed by atoms with Gasteiger partial charge in [0.15, 0.2) is 11.5 Å². The van der Waals surface area contributed by atoms with Gasteiger partial charge in [0, 0.05) is 16.3 Å². The number of amides is 1. The van der Waals surface area contributed by atoms with Crippen LogP contribution in [0.5, 0.6) is 11.5 Å². The number of hydrogen-bond donors (Lipinski definition) is 1. The standard InChI is InChI=1S/C24H26N2O3S2/c1-28-19-13-16-10-11-26(15-23(27)25-18-7-4-5-8-21(18)30-3)24(22-9-6-12-31-22)17(16)14-20(19)29-2/h4-9,12-14,24H,10-11,15H2,1-3H3,(H,25,27). The Kier molecular flexibility index (Phi) is 6.85. The largest absolute Gasteiger partial charge is 0.493 e. The number of methoxy groups -OCH3 is 2. The van der Waals surface area contributed by atoms with E-state index in [1.807, 2.05) is 30.5 Å². The van der Waals surface area contributed by atoms with Crippen molar-refractivity contribution in [2.24, 2.45) is 0 Å². The lowest BCUT2D eigenvalue weighted by atomic mass is 9.91. The lowest BCUT2D eigenvalue weighted by Gasteiger charge is -2.37. The summed E-state index contributed by atoms with van der Waals surface area (Å²) in [4.78, 5) is 17.5. The number of fused-ring (bicyclic) bond motifs is 1. The Morgan fingerprint density at radius 1 is 1.16 bits per heavy atom. The summed E-state index contributed by atoms with van der Waals surface area (Å²) in [6.45, 7) is 1.11. The number of nitrogens with zero attached hydrogens (tertiary/aromatic N) is 1. The van der Waals surface area contributed by atoms with Crippen molar-refractivity contribution >= 4 is 34.7 Å². The van der Waals surface area contributed by atoms with Gasteiger partial charge >= 0.3 is 0 Å². The summed E-state index contributed by atoms with van der Waals surface area (Å²) in [6, 6.07) is 16.2. The normalized spacial score (nSPS) is 15.9. The molecule has 1 unspecified atom stereocenters. The average Bonchev–Trinajstić information content (AvgIpc) is 3.32. The maximum atomic E-state index is 13.0. The van der Waals surface area contributed by atoms with Crippen LogP contribution in [0, 0.1) is 0 Å². The highest BCUT2D eigenvalue weighted by Crippen LogP contribution is 2.42. The van der Waals surface area contributed by atoms with Gasteiger partial charge in [-0.1, -0.05) is 18.2 Å². The molecule has 1 amide bonds. The molecule has 0 saturated carbocycles. The average molecular weight is 455 g/mol. The van der Waals surface area contributed by atoms with Crippen molar-refractivity contribution in [3.8, 4) is 11.5 Å². The van der Waals surface area contributed by atoms with E-state index in [1.54, 1.807) is 37.3 Å². The van der Waals surface area contributed by atoms with Crippen LogP contribution in [0.4, 0.5) is 5.69 Å². The van der Waals surface area contributed by atoms with Gasteiger partial charge in [0.2, 0.25) is 5.91 Å². The highest BCUT2D eigenvalue weighted by molar-refractivity contribution is 7.98. The predicted octanol–water partition coefficient (Wildman–Crippen LogP) is 5.07. The molecule has 0 aliphatic carbocycles. The minimum absolute atomic E-state index is 0.00472. The molecule has 5 nitrogen and oxygen atoms in total. The van der Waals surface area contributed by atoms with Gasteiger partial charge in [-0.15, -0.1) is 23.1 Å². The van der Waals surface area contributed by atoms with Crippen molar-refractivity contribution < 1.29 is 14.3 Å². The second kappa shape index (κ2) is 9.77. The number of thioether (sulfide) groups is 1. The van der Waals surface area contributed by atoms with Crippen molar-refractivity contribution in [3.05, 3.63) is 69.9 Å². The molecule has 1 aliphatic rings. The van der Waals surface area contributed by atoms with Gasteiger partial charge in [0.1, 0.15) is 0 Å². The molecule has 1 atom stereocenters. The summed E-state index contributed by atoms with van der Waals surface area (Å²) in [6.07, 6.45) is 2.87. The molecule has 0 bridgehead atoms. The van der Waals surface area contributed by atoms with E-state index in [9.17, 15) is 4.79 Å².